The van der Waals surface area contributed by atoms with Crippen molar-refractivity contribution in [3.8, 4) is 0 Å². The van der Waals surface area contributed by atoms with Crippen molar-refractivity contribution < 1.29 is 14.3 Å². The Balaban J connectivity index is 1.61. The van der Waals surface area contributed by atoms with Crippen molar-refractivity contribution in [2.24, 2.45) is 5.92 Å². The van der Waals surface area contributed by atoms with Crippen molar-refractivity contribution in [2.75, 3.05) is 7.11 Å². The molecule has 0 aliphatic heterocycles. The van der Waals surface area contributed by atoms with Gasteiger partial charge in [0, 0.05) is 31.5 Å². The second kappa shape index (κ2) is 8.82. The molecule has 2 saturated carbocycles. The highest BCUT2D eigenvalue weighted by Gasteiger charge is 2.35. The molecular weight excluding hydrogens is 354 g/mol. The van der Waals surface area contributed by atoms with E-state index in [0.717, 1.165) is 25.7 Å². The van der Waals surface area contributed by atoms with Crippen LogP contribution in [0.1, 0.15) is 55.3 Å². The van der Waals surface area contributed by atoms with Crippen molar-refractivity contribution in [3.05, 3.63) is 29.0 Å². The maximum Gasteiger partial charge on any atom is 0.253 e. The number of halogens is 1. The van der Waals surface area contributed by atoms with E-state index in [-0.39, 0.29) is 29.9 Å². The number of nitrogens with zero attached hydrogens (tertiary/aromatic N) is 1. The lowest BCUT2D eigenvalue weighted by Gasteiger charge is -2.35. The minimum Gasteiger partial charge on any atom is -0.379 e. The van der Waals surface area contributed by atoms with Gasteiger partial charge in [-0.25, -0.2) is 0 Å². The average Bonchev–Trinajstić information content (AvgIpc) is 3.14. The van der Waals surface area contributed by atoms with Crippen LogP contribution in [0.2, 0.25) is 5.02 Å². The van der Waals surface area contributed by atoms with E-state index < -0.39 is 0 Å². The first kappa shape index (κ1) is 19.1. The average molecular weight is 380 g/mol. The molecule has 2 amide bonds. The Kier molecular flexibility index (Phi) is 6.48. The van der Waals surface area contributed by atoms with Gasteiger partial charge in [-0.15, -0.1) is 0 Å². The van der Waals surface area contributed by atoms with Gasteiger partial charge < -0.3 is 15.4 Å². The van der Waals surface area contributed by atoms with Gasteiger partial charge in [0.15, 0.2) is 0 Å². The molecule has 0 bridgehead atoms. The number of hydrogen-bond donors (Lipinski definition) is 2. The van der Waals surface area contributed by atoms with E-state index in [1.54, 1.807) is 13.2 Å². The number of carbonyl (C=O) groups excluding carboxylic acids is 2. The largest absolute Gasteiger partial charge is 0.379 e. The molecule has 26 heavy (non-hydrogen) atoms. The fraction of sp³-hybridized carbons (Fsp3) is 0.632. The van der Waals surface area contributed by atoms with Gasteiger partial charge >= 0.3 is 0 Å². The van der Waals surface area contributed by atoms with E-state index in [4.69, 9.17) is 16.3 Å². The molecule has 7 heteroatoms. The van der Waals surface area contributed by atoms with Gasteiger partial charge in [-0.05, 0) is 38.2 Å². The highest BCUT2D eigenvalue weighted by Crippen LogP contribution is 2.28. The van der Waals surface area contributed by atoms with E-state index in [2.05, 4.69) is 15.6 Å². The third-order valence-corrected chi connectivity index (χ3v) is 5.65. The molecule has 0 radical (unpaired) electrons. The van der Waals surface area contributed by atoms with Crippen LogP contribution >= 0.6 is 11.6 Å². The quantitative estimate of drug-likeness (QED) is 0.824. The third-order valence-electron chi connectivity index (χ3n) is 5.45. The molecular formula is C19H26ClN3O3. The first-order chi connectivity index (χ1) is 12.6. The van der Waals surface area contributed by atoms with E-state index in [0.29, 0.717) is 23.0 Å². The van der Waals surface area contributed by atoms with Crippen molar-refractivity contribution in [2.45, 2.75) is 63.1 Å². The predicted molar refractivity (Wildman–Crippen MR) is 99.0 cm³/mol. The Morgan fingerprint density at radius 3 is 2.62 bits per heavy atom. The fourth-order valence-corrected chi connectivity index (χ4v) is 4.17. The number of rotatable bonds is 5. The summed E-state index contributed by atoms with van der Waals surface area (Å²) in [5, 5.41) is 6.59. The highest BCUT2D eigenvalue weighted by molar-refractivity contribution is 6.30. The summed E-state index contributed by atoms with van der Waals surface area (Å²) in [7, 11) is 1.64. The normalized spacial score (nSPS) is 26.5. The molecule has 3 rings (SSSR count). The van der Waals surface area contributed by atoms with Gasteiger partial charge in [-0.1, -0.05) is 24.4 Å². The molecule has 2 N–H and O–H groups in total. The molecule has 6 nitrogen and oxygen atoms in total. The smallest absolute Gasteiger partial charge is 0.253 e. The van der Waals surface area contributed by atoms with E-state index in [9.17, 15) is 9.59 Å². The molecule has 2 fully saturated rings. The third kappa shape index (κ3) is 4.74. The van der Waals surface area contributed by atoms with Crippen LogP contribution < -0.4 is 10.6 Å². The Hall–Kier alpha value is -1.66. The van der Waals surface area contributed by atoms with Gasteiger partial charge in [0.1, 0.15) is 0 Å². The van der Waals surface area contributed by atoms with Gasteiger partial charge in [0.05, 0.1) is 22.7 Å². The predicted octanol–water partition coefficient (Wildman–Crippen LogP) is 2.71. The van der Waals surface area contributed by atoms with Crippen LogP contribution in [-0.4, -0.2) is 42.1 Å². The van der Waals surface area contributed by atoms with Crippen LogP contribution in [0.4, 0.5) is 0 Å². The number of aromatic nitrogens is 1. The summed E-state index contributed by atoms with van der Waals surface area (Å²) < 4.78 is 5.54. The molecule has 0 saturated heterocycles. The summed E-state index contributed by atoms with van der Waals surface area (Å²) in [6.07, 6.45) is 9.50. The first-order valence-corrected chi connectivity index (χ1v) is 9.69. The number of pyridine rings is 1. The summed E-state index contributed by atoms with van der Waals surface area (Å²) in [5.74, 6) is -0.233. The Bertz CT molecular complexity index is 649. The molecule has 2 aliphatic rings. The number of carbonyl (C=O) groups is 2. The molecule has 0 spiro atoms. The summed E-state index contributed by atoms with van der Waals surface area (Å²) >= 11 is 5.91. The second-order valence-electron chi connectivity index (χ2n) is 7.25. The maximum absolute atomic E-state index is 12.6. The lowest BCUT2D eigenvalue weighted by molar-refractivity contribution is -0.128. The fourth-order valence-electron chi connectivity index (χ4n) is 3.99. The molecule has 0 unspecified atom stereocenters. The summed E-state index contributed by atoms with van der Waals surface area (Å²) in [4.78, 5) is 29.1. The standard InChI is InChI=1S/C19H26ClN3O3/c1-26-17-7-6-12(18(24)22-15-4-2-3-5-15)9-16(17)23-19(25)13-8-14(20)11-21-10-13/h8,10-12,15-17H,2-7,9H2,1H3,(H,22,24)(H,23,25)/t12-,16+,17+/m0/s1. The lowest BCUT2D eigenvalue weighted by atomic mass is 9.82. The van der Waals surface area contributed by atoms with Gasteiger partial charge in [0.2, 0.25) is 5.91 Å². The van der Waals surface area contributed by atoms with Gasteiger partial charge in [-0.2, -0.15) is 0 Å². The summed E-state index contributed by atoms with van der Waals surface area (Å²) in [5.41, 5.74) is 0.407. The van der Waals surface area contributed by atoms with E-state index >= 15 is 0 Å². The van der Waals surface area contributed by atoms with Crippen LogP contribution in [0.5, 0.6) is 0 Å². The van der Waals surface area contributed by atoms with E-state index in [1.807, 2.05) is 0 Å². The zero-order valence-corrected chi connectivity index (χ0v) is 15.8. The monoisotopic (exact) mass is 379 g/mol. The second-order valence-corrected chi connectivity index (χ2v) is 7.68. The topological polar surface area (TPSA) is 80.3 Å². The Morgan fingerprint density at radius 2 is 1.92 bits per heavy atom. The minimum absolute atomic E-state index is 0.0928. The molecule has 1 aromatic rings. The SMILES string of the molecule is CO[C@@H]1CC[C@H](C(=O)NC2CCCC2)C[C@H]1NC(=O)c1cncc(Cl)c1. The van der Waals surface area contributed by atoms with Gasteiger partial charge in [0.25, 0.3) is 5.91 Å². The Labute approximate surface area is 159 Å². The minimum atomic E-state index is -0.246. The lowest BCUT2D eigenvalue weighted by Crippen LogP contribution is -2.51. The molecule has 142 valence electrons. The number of ether oxygens (including phenoxy) is 1. The maximum atomic E-state index is 12.6. The van der Waals surface area contributed by atoms with Crippen LogP contribution in [0.15, 0.2) is 18.5 Å². The van der Waals surface area contributed by atoms with Crippen LogP contribution in [0.25, 0.3) is 0 Å². The first-order valence-electron chi connectivity index (χ1n) is 9.31. The van der Waals surface area contributed by atoms with E-state index in [1.165, 1.54) is 25.2 Å². The van der Waals surface area contributed by atoms with Crippen LogP contribution in [-0.2, 0) is 9.53 Å². The number of methoxy groups -OCH3 is 1. The molecule has 0 aromatic carbocycles. The molecule has 3 atom stereocenters. The number of amides is 2. The number of hydrogen-bond acceptors (Lipinski definition) is 4. The molecule has 2 aliphatic carbocycles. The summed E-state index contributed by atoms with van der Waals surface area (Å²) in [6, 6.07) is 1.69. The van der Waals surface area contributed by atoms with Crippen molar-refractivity contribution >= 4 is 23.4 Å². The molecule has 1 heterocycles. The van der Waals surface area contributed by atoms with Crippen molar-refractivity contribution in [3.63, 3.8) is 0 Å². The summed E-state index contributed by atoms with van der Waals surface area (Å²) in [6.45, 7) is 0. The van der Waals surface area contributed by atoms with Crippen molar-refractivity contribution in [1.29, 1.82) is 0 Å². The zero-order valence-electron chi connectivity index (χ0n) is 15.0. The highest BCUT2D eigenvalue weighted by atomic mass is 35.5. The van der Waals surface area contributed by atoms with Gasteiger partial charge in [-0.3, -0.25) is 14.6 Å². The van der Waals surface area contributed by atoms with Crippen LogP contribution in [0.3, 0.4) is 0 Å². The van der Waals surface area contributed by atoms with Crippen LogP contribution in [0, 0.1) is 5.92 Å². The zero-order chi connectivity index (χ0) is 18.5. The molecule has 1 aromatic heterocycles. The van der Waals surface area contributed by atoms with Crippen molar-refractivity contribution in [1.82, 2.24) is 15.6 Å². The number of nitrogens with one attached hydrogen (secondary N) is 2. The Morgan fingerprint density at radius 1 is 1.15 bits per heavy atom.